The second-order valence-electron chi connectivity index (χ2n) is 2.22. The molecule has 2 nitrogen and oxygen atoms in total. The lowest BCUT2D eigenvalue weighted by Crippen LogP contribution is -2.29. The van der Waals surface area contributed by atoms with Crippen molar-refractivity contribution in [2.45, 2.75) is 12.8 Å². The van der Waals surface area contributed by atoms with Gasteiger partial charge in [0.15, 0.2) is 0 Å². The first-order chi connectivity index (χ1) is 4.33. The summed E-state index contributed by atoms with van der Waals surface area (Å²) < 4.78 is 0. The molecular weight excluding hydrogens is 114 g/mol. The van der Waals surface area contributed by atoms with Crippen molar-refractivity contribution in [3.05, 3.63) is 12.8 Å². The van der Waals surface area contributed by atoms with Gasteiger partial charge in [-0.3, -0.25) is 4.79 Å². The van der Waals surface area contributed by atoms with Gasteiger partial charge in [-0.2, -0.15) is 0 Å². The quantitative estimate of drug-likeness (QED) is 0.510. The highest BCUT2D eigenvalue weighted by Gasteiger charge is 2.11. The molecule has 0 spiro atoms. The molecule has 0 aromatic carbocycles. The third-order valence-electron chi connectivity index (χ3n) is 1.57. The summed E-state index contributed by atoms with van der Waals surface area (Å²) in [6.45, 7) is 6.84. The maximum absolute atomic E-state index is 10.6. The SMILES string of the molecule is [CH]=CN1CCC(=O)CC1. The molecule has 9 heavy (non-hydrogen) atoms. The predicted molar refractivity (Wildman–Crippen MR) is 34.7 cm³/mol. The van der Waals surface area contributed by atoms with E-state index in [1.54, 1.807) is 6.20 Å². The first-order valence-electron chi connectivity index (χ1n) is 3.14. The number of carbonyl (C=O) groups is 1. The third-order valence-corrected chi connectivity index (χ3v) is 1.57. The van der Waals surface area contributed by atoms with E-state index >= 15 is 0 Å². The molecule has 0 unspecified atom stereocenters. The molecule has 49 valence electrons. The van der Waals surface area contributed by atoms with Gasteiger partial charge in [-0.15, -0.1) is 0 Å². The molecule has 1 radical (unpaired) electrons. The fourth-order valence-electron chi connectivity index (χ4n) is 0.922. The molecule has 1 fully saturated rings. The zero-order chi connectivity index (χ0) is 6.69. The minimum atomic E-state index is 0.355. The van der Waals surface area contributed by atoms with Crippen molar-refractivity contribution >= 4 is 5.78 Å². The molecular formula is C7H10NO. The van der Waals surface area contributed by atoms with Gasteiger partial charge in [-0.1, -0.05) is 0 Å². The van der Waals surface area contributed by atoms with Gasteiger partial charge in [0.05, 0.1) is 0 Å². The molecule has 0 aromatic rings. The molecule has 0 saturated carbocycles. The Morgan fingerprint density at radius 3 is 2.44 bits per heavy atom. The summed E-state index contributed by atoms with van der Waals surface area (Å²) in [5.41, 5.74) is 0. The van der Waals surface area contributed by atoms with Crippen molar-refractivity contribution in [3.63, 3.8) is 0 Å². The second kappa shape index (κ2) is 2.67. The monoisotopic (exact) mass is 124 g/mol. The van der Waals surface area contributed by atoms with Crippen molar-refractivity contribution in [2.75, 3.05) is 13.1 Å². The Balaban J connectivity index is 2.34. The Hall–Kier alpha value is -0.790. The number of hydrogen-bond acceptors (Lipinski definition) is 2. The summed E-state index contributed by atoms with van der Waals surface area (Å²) >= 11 is 0. The summed E-state index contributed by atoms with van der Waals surface area (Å²) in [4.78, 5) is 12.6. The Bertz CT molecular complexity index is 121. The molecule has 0 amide bonds. The van der Waals surface area contributed by atoms with Crippen LogP contribution in [0.2, 0.25) is 0 Å². The summed E-state index contributed by atoms with van der Waals surface area (Å²) in [6, 6.07) is 0. The Morgan fingerprint density at radius 2 is 2.00 bits per heavy atom. The fraction of sp³-hybridized carbons (Fsp3) is 0.571. The molecule has 0 bridgehead atoms. The van der Waals surface area contributed by atoms with Crippen LogP contribution in [0.1, 0.15) is 12.8 Å². The van der Waals surface area contributed by atoms with E-state index < -0.39 is 0 Å². The normalized spacial score (nSPS) is 20.0. The van der Waals surface area contributed by atoms with E-state index in [1.807, 2.05) is 4.90 Å². The molecule has 1 saturated heterocycles. The van der Waals surface area contributed by atoms with E-state index in [0.29, 0.717) is 18.6 Å². The van der Waals surface area contributed by atoms with Crippen LogP contribution in [-0.2, 0) is 4.79 Å². The number of nitrogens with zero attached hydrogens (tertiary/aromatic N) is 1. The van der Waals surface area contributed by atoms with Crippen molar-refractivity contribution in [3.8, 4) is 0 Å². The number of likely N-dealkylation sites (tertiary alicyclic amines) is 1. The highest BCUT2D eigenvalue weighted by molar-refractivity contribution is 5.79. The van der Waals surface area contributed by atoms with E-state index in [1.165, 1.54) is 0 Å². The zero-order valence-corrected chi connectivity index (χ0v) is 5.34. The van der Waals surface area contributed by atoms with Gasteiger partial charge in [0.1, 0.15) is 5.78 Å². The van der Waals surface area contributed by atoms with Gasteiger partial charge in [-0.25, -0.2) is 0 Å². The van der Waals surface area contributed by atoms with Crippen LogP contribution in [0.4, 0.5) is 0 Å². The summed E-state index contributed by atoms with van der Waals surface area (Å²) in [6.07, 6.45) is 2.87. The van der Waals surface area contributed by atoms with Crippen molar-refractivity contribution < 1.29 is 4.79 Å². The number of Topliss-reactive ketones (excluding diaryl/α,β-unsaturated/α-hetero) is 1. The van der Waals surface area contributed by atoms with Crippen LogP contribution in [-0.4, -0.2) is 23.8 Å². The number of hydrogen-bond donors (Lipinski definition) is 0. The lowest BCUT2D eigenvalue weighted by Gasteiger charge is -2.23. The van der Waals surface area contributed by atoms with Crippen LogP contribution in [0.3, 0.4) is 0 Å². The molecule has 2 heteroatoms. The number of rotatable bonds is 1. The summed E-state index contributed by atoms with van der Waals surface area (Å²) in [7, 11) is 0. The molecule has 1 aliphatic heterocycles. The van der Waals surface area contributed by atoms with Crippen molar-refractivity contribution in [1.82, 2.24) is 4.90 Å². The highest BCUT2D eigenvalue weighted by Crippen LogP contribution is 2.04. The number of ketones is 1. The Kier molecular flexibility index (Phi) is 1.88. The minimum absolute atomic E-state index is 0.355. The second-order valence-corrected chi connectivity index (χ2v) is 2.22. The van der Waals surface area contributed by atoms with Gasteiger partial charge in [0.2, 0.25) is 0 Å². The Labute approximate surface area is 55.2 Å². The maximum Gasteiger partial charge on any atom is 0.136 e. The molecule has 0 atom stereocenters. The van der Waals surface area contributed by atoms with Gasteiger partial charge in [0.25, 0.3) is 0 Å². The average Bonchev–Trinajstić information content (AvgIpc) is 1.90. The van der Waals surface area contributed by atoms with Gasteiger partial charge in [-0.05, 0) is 12.8 Å². The van der Waals surface area contributed by atoms with E-state index in [9.17, 15) is 4.79 Å². The molecule has 0 N–H and O–H groups in total. The number of piperidine rings is 1. The first-order valence-corrected chi connectivity index (χ1v) is 3.14. The zero-order valence-electron chi connectivity index (χ0n) is 5.34. The predicted octanol–water partition coefficient (Wildman–Crippen LogP) is 0.598. The molecule has 1 heterocycles. The first kappa shape index (κ1) is 6.33. The van der Waals surface area contributed by atoms with Gasteiger partial charge in [0, 0.05) is 25.9 Å². The molecule has 0 aromatic heterocycles. The van der Waals surface area contributed by atoms with Crippen molar-refractivity contribution in [1.29, 1.82) is 0 Å². The Morgan fingerprint density at radius 1 is 1.44 bits per heavy atom. The summed E-state index contributed by atoms with van der Waals surface area (Å²) in [5, 5.41) is 0. The lowest BCUT2D eigenvalue weighted by atomic mass is 10.1. The molecule has 1 aliphatic rings. The van der Waals surface area contributed by atoms with E-state index in [2.05, 4.69) is 0 Å². The summed E-state index contributed by atoms with van der Waals surface area (Å²) in [5.74, 6) is 0.355. The van der Waals surface area contributed by atoms with E-state index in [0.717, 1.165) is 13.1 Å². The van der Waals surface area contributed by atoms with Crippen LogP contribution in [0.5, 0.6) is 0 Å². The standard InChI is InChI=1S/C7H10NO/c1-2-8-5-3-7(9)4-6-8/h1-2H,3-6H2. The van der Waals surface area contributed by atoms with E-state index in [4.69, 9.17) is 6.58 Å². The van der Waals surface area contributed by atoms with Gasteiger partial charge >= 0.3 is 0 Å². The molecule has 0 aliphatic carbocycles. The maximum atomic E-state index is 10.6. The number of carbonyl (C=O) groups excluding carboxylic acids is 1. The lowest BCUT2D eigenvalue weighted by molar-refractivity contribution is -0.120. The van der Waals surface area contributed by atoms with Crippen LogP contribution in [0.15, 0.2) is 6.20 Å². The minimum Gasteiger partial charge on any atom is -0.376 e. The third kappa shape index (κ3) is 1.56. The largest absolute Gasteiger partial charge is 0.376 e. The van der Waals surface area contributed by atoms with Crippen LogP contribution >= 0.6 is 0 Å². The van der Waals surface area contributed by atoms with Crippen molar-refractivity contribution in [2.24, 2.45) is 0 Å². The fourth-order valence-corrected chi connectivity index (χ4v) is 0.922. The van der Waals surface area contributed by atoms with Crippen LogP contribution in [0.25, 0.3) is 0 Å². The van der Waals surface area contributed by atoms with Gasteiger partial charge < -0.3 is 4.90 Å². The van der Waals surface area contributed by atoms with Crippen LogP contribution < -0.4 is 0 Å². The molecule has 1 rings (SSSR count). The average molecular weight is 124 g/mol. The highest BCUT2D eigenvalue weighted by atomic mass is 16.1. The topological polar surface area (TPSA) is 20.3 Å². The van der Waals surface area contributed by atoms with Crippen LogP contribution in [0, 0.1) is 6.58 Å². The van der Waals surface area contributed by atoms with E-state index in [-0.39, 0.29) is 0 Å². The smallest absolute Gasteiger partial charge is 0.136 e.